The molecule has 1 N–H and O–H groups in total. The zero-order valence-corrected chi connectivity index (χ0v) is 7.76. The number of aliphatic hydroxyl groups excluding tert-OH is 1. The van der Waals surface area contributed by atoms with Crippen LogP contribution in [0.1, 0.15) is 6.42 Å². The summed E-state index contributed by atoms with van der Waals surface area (Å²) in [6, 6.07) is 0. The standard InChI is InChI=1S/C8H14F3NO2/c9-8(10,11)5-7(13)6-12-1-3-14-4-2-12/h7,13H,1-6H2. The van der Waals surface area contributed by atoms with Crippen LogP contribution in [-0.2, 0) is 4.74 Å². The molecule has 6 heteroatoms. The predicted molar refractivity (Wildman–Crippen MR) is 43.9 cm³/mol. The Balaban J connectivity index is 2.21. The molecule has 0 saturated carbocycles. The lowest BCUT2D eigenvalue weighted by molar-refractivity contribution is -0.156. The molecule has 0 aromatic rings. The lowest BCUT2D eigenvalue weighted by Crippen LogP contribution is -2.41. The third kappa shape index (κ3) is 4.78. The lowest BCUT2D eigenvalue weighted by atomic mass is 10.2. The smallest absolute Gasteiger partial charge is 0.391 e. The van der Waals surface area contributed by atoms with Gasteiger partial charge >= 0.3 is 6.18 Å². The van der Waals surface area contributed by atoms with Gasteiger partial charge in [0.15, 0.2) is 0 Å². The fourth-order valence-electron chi connectivity index (χ4n) is 1.41. The molecule has 1 rings (SSSR count). The van der Waals surface area contributed by atoms with Crippen molar-refractivity contribution in [1.82, 2.24) is 4.90 Å². The van der Waals surface area contributed by atoms with Gasteiger partial charge in [-0.3, -0.25) is 4.90 Å². The quantitative estimate of drug-likeness (QED) is 0.746. The maximum atomic E-state index is 11.9. The van der Waals surface area contributed by atoms with Gasteiger partial charge in [0, 0.05) is 19.6 Å². The molecule has 0 aromatic heterocycles. The van der Waals surface area contributed by atoms with Crippen molar-refractivity contribution in [2.24, 2.45) is 0 Å². The molecule has 1 heterocycles. The summed E-state index contributed by atoms with van der Waals surface area (Å²) in [6.07, 6.45) is -6.75. The Morgan fingerprint density at radius 3 is 2.36 bits per heavy atom. The summed E-state index contributed by atoms with van der Waals surface area (Å²) in [6.45, 7) is 2.31. The summed E-state index contributed by atoms with van der Waals surface area (Å²) in [5, 5.41) is 9.13. The summed E-state index contributed by atoms with van der Waals surface area (Å²) in [5.74, 6) is 0. The van der Waals surface area contributed by atoms with Crippen LogP contribution in [0.5, 0.6) is 0 Å². The molecule has 1 fully saturated rings. The molecule has 14 heavy (non-hydrogen) atoms. The van der Waals surface area contributed by atoms with Gasteiger partial charge < -0.3 is 9.84 Å². The van der Waals surface area contributed by atoms with E-state index in [4.69, 9.17) is 9.84 Å². The van der Waals surface area contributed by atoms with Gasteiger partial charge in [-0.1, -0.05) is 0 Å². The van der Waals surface area contributed by atoms with Crippen molar-refractivity contribution in [3.63, 3.8) is 0 Å². The van der Waals surface area contributed by atoms with Crippen molar-refractivity contribution in [3.8, 4) is 0 Å². The Bertz CT molecular complexity index is 168. The molecule has 1 aliphatic heterocycles. The van der Waals surface area contributed by atoms with Crippen LogP contribution in [0.2, 0.25) is 0 Å². The third-order valence-corrected chi connectivity index (χ3v) is 2.04. The minimum absolute atomic E-state index is 0.0723. The molecule has 1 saturated heterocycles. The summed E-state index contributed by atoms with van der Waals surface area (Å²) in [7, 11) is 0. The van der Waals surface area contributed by atoms with Gasteiger partial charge in [-0.05, 0) is 0 Å². The van der Waals surface area contributed by atoms with E-state index >= 15 is 0 Å². The van der Waals surface area contributed by atoms with Crippen LogP contribution in [0.4, 0.5) is 13.2 Å². The number of hydrogen-bond acceptors (Lipinski definition) is 3. The summed E-state index contributed by atoms with van der Waals surface area (Å²) >= 11 is 0. The number of nitrogens with zero attached hydrogens (tertiary/aromatic N) is 1. The van der Waals surface area contributed by atoms with E-state index in [1.165, 1.54) is 0 Å². The van der Waals surface area contributed by atoms with E-state index in [9.17, 15) is 13.2 Å². The van der Waals surface area contributed by atoms with Crippen LogP contribution in [-0.4, -0.2) is 55.1 Å². The third-order valence-electron chi connectivity index (χ3n) is 2.04. The Kier molecular flexibility index (Phi) is 4.15. The minimum Gasteiger partial charge on any atom is -0.391 e. The number of halogens is 3. The molecule has 0 spiro atoms. The summed E-state index contributed by atoms with van der Waals surface area (Å²) in [4.78, 5) is 1.78. The van der Waals surface area contributed by atoms with E-state index in [1.807, 2.05) is 0 Å². The average molecular weight is 213 g/mol. The van der Waals surface area contributed by atoms with Crippen LogP contribution in [0.15, 0.2) is 0 Å². The van der Waals surface area contributed by atoms with Gasteiger partial charge in [-0.15, -0.1) is 0 Å². The highest BCUT2D eigenvalue weighted by atomic mass is 19.4. The fraction of sp³-hybridized carbons (Fsp3) is 1.00. The zero-order valence-electron chi connectivity index (χ0n) is 7.76. The molecular weight excluding hydrogens is 199 g/mol. The number of hydrogen-bond donors (Lipinski definition) is 1. The van der Waals surface area contributed by atoms with Crippen LogP contribution >= 0.6 is 0 Å². The normalized spacial score (nSPS) is 22.3. The number of aliphatic hydroxyl groups is 1. The van der Waals surface area contributed by atoms with E-state index in [0.717, 1.165) is 0 Å². The van der Waals surface area contributed by atoms with Crippen LogP contribution in [0.3, 0.4) is 0 Å². The molecule has 1 atom stereocenters. The molecule has 84 valence electrons. The Morgan fingerprint density at radius 1 is 1.29 bits per heavy atom. The Morgan fingerprint density at radius 2 is 1.86 bits per heavy atom. The first-order valence-electron chi connectivity index (χ1n) is 4.52. The number of rotatable bonds is 3. The van der Waals surface area contributed by atoms with E-state index in [0.29, 0.717) is 26.3 Å². The second-order valence-electron chi connectivity index (χ2n) is 3.39. The van der Waals surface area contributed by atoms with Gasteiger partial charge in [-0.2, -0.15) is 13.2 Å². The molecule has 0 aromatic carbocycles. The largest absolute Gasteiger partial charge is 0.391 e. The van der Waals surface area contributed by atoms with Gasteiger partial charge in [0.25, 0.3) is 0 Å². The SMILES string of the molecule is OC(CN1CCOCC1)CC(F)(F)F. The topological polar surface area (TPSA) is 32.7 Å². The van der Waals surface area contributed by atoms with Crippen LogP contribution in [0.25, 0.3) is 0 Å². The molecule has 3 nitrogen and oxygen atoms in total. The summed E-state index contributed by atoms with van der Waals surface area (Å²) in [5.41, 5.74) is 0. The second-order valence-corrected chi connectivity index (χ2v) is 3.39. The predicted octanol–water partition coefficient (Wildman–Crippen LogP) is 0.632. The Labute approximate surface area is 80.5 Å². The molecule has 0 aliphatic carbocycles. The maximum absolute atomic E-state index is 11.9. The van der Waals surface area contributed by atoms with Crippen molar-refractivity contribution in [3.05, 3.63) is 0 Å². The fourth-order valence-corrected chi connectivity index (χ4v) is 1.41. The first-order valence-corrected chi connectivity index (χ1v) is 4.52. The number of β-amino-alcohol motifs (C(OH)–C–C–N with tert-alkyl or cyclic N) is 1. The van der Waals surface area contributed by atoms with E-state index < -0.39 is 18.7 Å². The number of ether oxygens (including phenoxy) is 1. The lowest BCUT2D eigenvalue weighted by Gasteiger charge is -2.28. The van der Waals surface area contributed by atoms with Gasteiger partial charge in [0.2, 0.25) is 0 Å². The van der Waals surface area contributed by atoms with Crippen LogP contribution in [0, 0.1) is 0 Å². The van der Waals surface area contributed by atoms with Crippen molar-refractivity contribution in [1.29, 1.82) is 0 Å². The molecular formula is C8H14F3NO2. The monoisotopic (exact) mass is 213 g/mol. The molecule has 1 unspecified atom stereocenters. The average Bonchev–Trinajstić information content (AvgIpc) is 2.02. The van der Waals surface area contributed by atoms with Crippen LogP contribution < -0.4 is 0 Å². The van der Waals surface area contributed by atoms with E-state index in [-0.39, 0.29) is 6.54 Å². The highest BCUT2D eigenvalue weighted by molar-refractivity contribution is 4.69. The van der Waals surface area contributed by atoms with Gasteiger partial charge in [0.1, 0.15) is 0 Å². The zero-order chi connectivity index (χ0) is 10.6. The highest BCUT2D eigenvalue weighted by Crippen LogP contribution is 2.21. The molecule has 1 aliphatic rings. The first-order chi connectivity index (χ1) is 6.47. The maximum Gasteiger partial charge on any atom is 0.391 e. The van der Waals surface area contributed by atoms with E-state index in [2.05, 4.69) is 0 Å². The van der Waals surface area contributed by atoms with Crippen molar-refractivity contribution < 1.29 is 23.0 Å². The highest BCUT2D eigenvalue weighted by Gasteiger charge is 2.31. The first kappa shape index (κ1) is 11.7. The van der Waals surface area contributed by atoms with Crippen molar-refractivity contribution in [2.75, 3.05) is 32.8 Å². The van der Waals surface area contributed by atoms with Gasteiger partial charge in [0.05, 0.1) is 25.7 Å². The number of morpholine rings is 1. The van der Waals surface area contributed by atoms with Crippen molar-refractivity contribution in [2.45, 2.75) is 18.7 Å². The molecule has 0 radical (unpaired) electrons. The second kappa shape index (κ2) is 4.95. The Hall–Kier alpha value is -0.330. The van der Waals surface area contributed by atoms with E-state index in [1.54, 1.807) is 4.90 Å². The summed E-state index contributed by atoms with van der Waals surface area (Å²) < 4.78 is 40.6. The minimum atomic E-state index is -4.29. The number of alkyl halides is 3. The molecule has 0 amide bonds. The molecule has 0 bridgehead atoms. The van der Waals surface area contributed by atoms with Gasteiger partial charge in [-0.25, -0.2) is 0 Å². The van der Waals surface area contributed by atoms with Crippen molar-refractivity contribution >= 4 is 0 Å².